The number of rotatable bonds is 6. The first-order valence-electron chi connectivity index (χ1n) is 5.78. The topological polar surface area (TPSA) is 17.8 Å². The molecule has 2 heteroatoms. The van der Waals surface area contributed by atoms with E-state index in [2.05, 4.69) is 30.4 Å². The van der Waals surface area contributed by atoms with Crippen molar-refractivity contribution in [1.82, 2.24) is 9.55 Å². The lowest BCUT2D eigenvalue weighted by molar-refractivity contribution is 0.645. The summed E-state index contributed by atoms with van der Waals surface area (Å²) in [7, 11) is 2.10. The number of aryl methyl sites for hydroxylation is 2. The Bertz CT molecular complexity index is 263. The highest BCUT2D eigenvalue weighted by Gasteiger charge is 2.05. The summed E-state index contributed by atoms with van der Waals surface area (Å²) in [6, 6.07) is 0. The summed E-state index contributed by atoms with van der Waals surface area (Å²) in [6.07, 6.45) is 9.52. The smallest absolute Gasteiger partial charge is 0.0949 e. The molecule has 0 aliphatic carbocycles. The molecule has 80 valence electrons. The van der Waals surface area contributed by atoms with Crippen LogP contribution >= 0.6 is 0 Å². The molecule has 0 fully saturated rings. The Hall–Kier alpha value is -0.790. The maximum absolute atomic E-state index is 4.40. The van der Waals surface area contributed by atoms with Crippen LogP contribution in [0.5, 0.6) is 0 Å². The normalized spacial score (nSPS) is 10.8. The van der Waals surface area contributed by atoms with E-state index in [0.29, 0.717) is 0 Å². The van der Waals surface area contributed by atoms with Crippen LogP contribution in [0.3, 0.4) is 0 Å². The van der Waals surface area contributed by atoms with Crippen LogP contribution in [0.25, 0.3) is 0 Å². The van der Waals surface area contributed by atoms with Gasteiger partial charge in [-0.2, -0.15) is 0 Å². The van der Waals surface area contributed by atoms with Gasteiger partial charge < -0.3 is 4.57 Å². The molecule has 0 aromatic carbocycles. The lowest BCUT2D eigenvalue weighted by Crippen LogP contribution is -1.98. The molecule has 0 aliphatic heterocycles. The largest absolute Gasteiger partial charge is 0.337 e. The number of imidazole rings is 1. The van der Waals surface area contributed by atoms with Crippen molar-refractivity contribution < 1.29 is 0 Å². The number of nitrogens with zero attached hydrogens (tertiary/aromatic N) is 2. The van der Waals surface area contributed by atoms with Crippen molar-refractivity contribution in [3.8, 4) is 0 Å². The summed E-state index contributed by atoms with van der Waals surface area (Å²) in [5, 5.41) is 0. The van der Waals surface area contributed by atoms with Crippen molar-refractivity contribution in [2.45, 2.75) is 52.4 Å². The fourth-order valence-corrected chi connectivity index (χ4v) is 1.84. The third-order valence-electron chi connectivity index (χ3n) is 2.75. The molecule has 0 amide bonds. The monoisotopic (exact) mass is 194 g/mol. The average molecular weight is 194 g/mol. The minimum atomic E-state index is 1.06. The van der Waals surface area contributed by atoms with E-state index < -0.39 is 0 Å². The van der Waals surface area contributed by atoms with E-state index in [9.17, 15) is 0 Å². The molecule has 1 aromatic heterocycles. The van der Waals surface area contributed by atoms with Crippen molar-refractivity contribution in [2.24, 2.45) is 7.05 Å². The Morgan fingerprint density at radius 2 is 2.00 bits per heavy atom. The van der Waals surface area contributed by atoms with Crippen LogP contribution in [-0.2, 0) is 19.9 Å². The average Bonchev–Trinajstić information content (AvgIpc) is 2.55. The molecule has 1 aromatic rings. The zero-order valence-corrected chi connectivity index (χ0v) is 9.71. The van der Waals surface area contributed by atoms with Crippen molar-refractivity contribution in [2.75, 3.05) is 0 Å². The summed E-state index contributed by atoms with van der Waals surface area (Å²) >= 11 is 0. The fraction of sp³-hybridized carbons (Fsp3) is 0.750. The molecule has 0 N–H and O–H groups in total. The van der Waals surface area contributed by atoms with Crippen LogP contribution in [0.1, 0.15) is 50.9 Å². The number of hydrogen-bond acceptors (Lipinski definition) is 1. The van der Waals surface area contributed by atoms with Crippen LogP contribution in [-0.4, -0.2) is 9.55 Å². The van der Waals surface area contributed by atoms with E-state index in [0.717, 1.165) is 6.42 Å². The predicted molar refractivity (Wildman–Crippen MR) is 60.4 cm³/mol. The van der Waals surface area contributed by atoms with E-state index in [1.165, 1.54) is 43.5 Å². The molecule has 0 saturated heterocycles. The standard InChI is InChI=1S/C12H22N2/c1-4-6-7-8-9-12-11(5-2)13-10-14(12)3/h10H,4-9H2,1-3H3. The quantitative estimate of drug-likeness (QED) is 0.636. The SMILES string of the molecule is CCCCCCc1c(CC)ncn1C. The highest BCUT2D eigenvalue weighted by molar-refractivity contribution is 5.12. The summed E-state index contributed by atoms with van der Waals surface area (Å²) < 4.78 is 2.17. The first-order valence-corrected chi connectivity index (χ1v) is 5.78. The van der Waals surface area contributed by atoms with Crippen molar-refractivity contribution in [1.29, 1.82) is 0 Å². The second-order valence-electron chi connectivity index (χ2n) is 3.91. The van der Waals surface area contributed by atoms with Gasteiger partial charge in [0.15, 0.2) is 0 Å². The highest BCUT2D eigenvalue weighted by Crippen LogP contribution is 2.12. The molecule has 0 radical (unpaired) electrons. The molecule has 2 nitrogen and oxygen atoms in total. The molecule has 1 rings (SSSR count). The van der Waals surface area contributed by atoms with E-state index in [1.807, 2.05) is 6.33 Å². The second kappa shape index (κ2) is 5.84. The van der Waals surface area contributed by atoms with Gasteiger partial charge in [-0.3, -0.25) is 0 Å². The van der Waals surface area contributed by atoms with Crippen molar-refractivity contribution in [3.05, 3.63) is 17.7 Å². The molecule has 0 bridgehead atoms. The maximum Gasteiger partial charge on any atom is 0.0949 e. The lowest BCUT2D eigenvalue weighted by atomic mass is 10.1. The number of unbranched alkanes of at least 4 members (excludes halogenated alkanes) is 3. The van der Waals surface area contributed by atoms with Gasteiger partial charge >= 0.3 is 0 Å². The second-order valence-corrected chi connectivity index (χ2v) is 3.91. The Morgan fingerprint density at radius 1 is 1.21 bits per heavy atom. The van der Waals surface area contributed by atoms with Gasteiger partial charge in [0.25, 0.3) is 0 Å². The lowest BCUT2D eigenvalue weighted by Gasteiger charge is -2.04. The summed E-state index contributed by atoms with van der Waals surface area (Å²) in [5.74, 6) is 0. The van der Waals surface area contributed by atoms with Gasteiger partial charge in [0.05, 0.1) is 12.0 Å². The Kier molecular flexibility index (Phi) is 4.71. The first kappa shape index (κ1) is 11.3. The zero-order valence-electron chi connectivity index (χ0n) is 9.71. The van der Waals surface area contributed by atoms with Crippen LogP contribution in [0.2, 0.25) is 0 Å². The van der Waals surface area contributed by atoms with Crippen LogP contribution in [0, 0.1) is 0 Å². The Balaban J connectivity index is 2.44. The van der Waals surface area contributed by atoms with Gasteiger partial charge in [-0.05, 0) is 19.3 Å². The summed E-state index contributed by atoms with van der Waals surface area (Å²) in [5.41, 5.74) is 2.72. The zero-order chi connectivity index (χ0) is 10.4. The Labute approximate surface area is 87.4 Å². The van der Waals surface area contributed by atoms with Crippen molar-refractivity contribution in [3.63, 3.8) is 0 Å². The molecule has 0 aliphatic rings. The van der Waals surface area contributed by atoms with E-state index in [4.69, 9.17) is 0 Å². The molecule has 1 heterocycles. The fourth-order valence-electron chi connectivity index (χ4n) is 1.84. The molecule has 14 heavy (non-hydrogen) atoms. The molecular weight excluding hydrogens is 172 g/mol. The minimum absolute atomic E-state index is 1.06. The van der Waals surface area contributed by atoms with Crippen LogP contribution < -0.4 is 0 Å². The predicted octanol–water partition coefficient (Wildman–Crippen LogP) is 3.11. The van der Waals surface area contributed by atoms with Gasteiger partial charge in [-0.15, -0.1) is 0 Å². The Morgan fingerprint density at radius 3 is 2.64 bits per heavy atom. The van der Waals surface area contributed by atoms with Crippen LogP contribution in [0.4, 0.5) is 0 Å². The van der Waals surface area contributed by atoms with Gasteiger partial charge in [0.1, 0.15) is 0 Å². The molecule has 0 atom stereocenters. The third kappa shape index (κ3) is 2.86. The van der Waals surface area contributed by atoms with E-state index in [-0.39, 0.29) is 0 Å². The van der Waals surface area contributed by atoms with Crippen LogP contribution in [0.15, 0.2) is 6.33 Å². The first-order chi connectivity index (χ1) is 6.79. The molecule has 0 spiro atoms. The van der Waals surface area contributed by atoms with E-state index in [1.54, 1.807) is 0 Å². The number of hydrogen-bond donors (Lipinski definition) is 0. The minimum Gasteiger partial charge on any atom is -0.337 e. The van der Waals surface area contributed by atoms with Gasteiger partial charge in [0, 0.05) is 12.7 Å². The number of aromatic nitrogens is 2. The molecule has 0 unspecified atom stereocenters. The van der Waals surface area contributed by atoms with Gasteiger partial charge in [-0.25, -0.2) is 4.98 Å². The summed E-state index contributed by atoms with van der Waals surface area (Å²) in [4.78, 5) is 4.40. The van der Waals surface area contributed by atoms with Crippen molar-refractivity contribution >= 4 is 0 Å². The molecule has 0 saturated carbocycles. The van der Waals surface area contributed by atoms with Gasteiger partial charge in [-0.1, -0.05) is 33.1 Å². The summed E-state index contributed by atoms with van der Waals surface area (Å²) in [6.45, 7) is 4.43. The molecular formula is C12H22N2. The van der Waals surface area contributed by atoms with E-state index >= 15 is 0 Å². The highest BCUT2D eigenvalue weighted by atomic mass is 15.0. The third-order valence-corrected chi connectivity index (χ3v) is 2.75. The maximum atomic E-state index is 4.40. The van der Waals surface area contributed by atoms with Gasteiger partial charge in [0.2, 0.25) is 0 Å².